The molecular formula is C29H31F2N3O4Si. The Morgan fingerprint density at radius 2 is 1.82 bits per heavy atom. The molecule has 2 aromatic heterocycles. The lowest BCUT2D eigenvalue weighted by Crippen LogP contribution is -2.22. The molecule has 0 saturated heterocycles. The fraction of sp³-hybridized carbons (Fsp3) is 0.310. The molecule has 0 aliphatic heterocycles. The fourth-order valence-corrected chi connectivity index (χ4v) is 4.98. The second-order valence-corrected chi connectivity index (χ2v) is 16.5. The summed E-state index contributed by atoms with van der Waals surface area (Å²) < 4.78 is 48.9. The number of hydrogen-bond acceptors (Lipinski definition) is 5. The van der Waals surface area contributed by atoms with Crippen LogP contribution in [0.1, 0.15) is 24.3 Å². The summed E-state index contributed by atoms with van der Waals surface area (Å²) in [7, 11) is -1.22. The summed E-state index contributed by atoms with van der Waals surface area (Å²) >= 11 is 0. The Morgan fingerprint density at radius 1 is 1.10 bits per heavy atom. The van der Waals surface area contributed by atoms with Gasteiger partial charge in [0, 0.05) is 39.2 Å². The van der Waals surface area contributed by atoms with Crippen LogP contribution in [0.5, 0.6) is 17.2 Å². The minimum Gasteiger partial charge on any atom is -0.450 e. The van der Waals surface area contributed by atoms with E-state index in [1.807, 2.05) is 10.8 Å². The molecule has 1 saturated carbocycles. The van der Waals surface area contributed by atoms with E-state index >= 15 is 8.78 Å². The molecule has 1 aliphatic rings. The van der Waals surface area contributed by atoms with Gasteiger partial charge in [-0.1, -0.05) is 37.8 Å². The van der Waals surface area contributed by atoms with Crippen molar-refractivity contribution in [3.63, 3.8) is 0 Å². The zero-order valence-electron chi connectivity index (χ0n) is 22.2. The number of carbonyl (C=O) groups is 1. The monoisotopic (exact) mass is 551 g/mol. The van der Waals surface area contributed by atoms with E-state index in [1.165, 1.54) is 0 Å². The Labute approximate surface area is 226 Å². The number of hydrogen-bond donors (Lipinski definition) is 1. The highest BCUT2D eigenvalue weighted by Crippen LogP contribution is 2.47. The molecular weight excluding hydrogens is 520 g/mol. The van der Waals surface area contributed by atoms with Crippen LogP contribution in [0.15, 0.2) is 60.9 Å². The van der Waals surface area contributed by atoms with Gasteiger partial charge in [-0.15, -0.1) is 0 Å². The van der Waals surface area contributed by atoms with Crippen molar-refractivity contribution in [2.24, 2.45) is 0 Å². The van der Waals surface area contributed by atoms with Gasteiger partial charge in [-0.3, -0.25) is 5.32 Å². The summed E-state index contributed by atoms with van der Waals surface area (Å²) in [5.74, 6) is -1.53. The van der Waals surface area contributed by atoms with Gasteiger partial charge in [0.25, 0.3) is 0 Å². The Bertz CT molecular complexity index is 1460. The highest BCUT2D eigenvalue weighted by molar-refractivity contribution is 6.76. The number of anilines is 1. The summed E-state index contributed by atoms with van der Waals surface area (Å²) in [5, 5.41) is 3.06. The largest absolute Gasteiger partial charge is 0.450 e. The molecule has 1 N–H and O–H groups in total. The molecule has 0 spiro atoms. The maximum atomic E-state index is 15.1. The van der Waals surface area contributed by atoms with Gasteiger partial charge < -0.3 is 18.8 Å². The van der Waals surface area contributed by atoms with Crippen molar-refractivity contribution in [3.05, 3.63) is 78.1 Å². The van der Waals surface area contributed by atoms with Crippen molar-refractivity contribution in [2.45, 2.75) is 51.2 Å². The maximum Gasteiger partial charge on any atom is 0.417 e. The van der Waals surface area contributed by atoms with Crippen molar-refractivity contribution in [1.82, 2.24) is 9.55 Å². The number of benzene rings is 2. The van der Waals surface area contributed by atoms with Crippen LogP contribution in [0.4, 0.5) is 19.3 Å². The summed E-state index contributed by atoms with van der Waals surface area (Å²) in [6.07, 6.45) is 4.76. The predicted molar refractivity (Wildman–Crippen MR) is 148 cm³/mol. The van der Waals surface area contributed by atoms with Gasteiger partial charge in [0.1, 0.15) is 23.9 Å². The van der Waals surface area contributed by atoms with Crippen molar-refractivity contribution in [1.29, 1.82) is 0 Å². The van der Waals surface area contributed by atoms with Gasteiger partial charge in [-0.05, 0) is 48.6 Å². The highest BCUT2D eigenvalue weighted by atomic mass is 28.3. The zero-order chi connectivity index (χ0) is 27.6. The predicted octanol–water partition coefficient (Wildman–Crippen LogP) is 7.91. The quantitative estimate of drug-likeness (QED) is 0.160. The van der Waals surface area contributed by atoms with E-state index in [-0.39, 0.29) is 5.69 Å². The van der Waals surface area contributed by atoms with E-state index in [0.29, 0.717) is 36.4 Å². The summed E-state index contributed by atoms with van der Waals surface area (Å²) in [6.45, 7) is 7.91. The lowest BCUT2D eigenvalue weighted by Gasteiger charge is -2.15. The lowest BCUT2D eigenvalue weighted by molar-refractivity contribution is 0.0898. The molecule has 5 rings (SSSR count). The Morgan fingerprint density at radius 3 is 2.49 bits per heavy atom. The van der Waals surface area contributed by atoms with Crippen LogP contribution < -0.4 is 14.8 Å². The second kappa shape index (κ2) is 11.2. The molecule has 0 unspecified atom stereocenters. The van der Waals surface area contributed by atoms with E-state index in [4.69, 9.17) is 14.2 Å². The molecule has 1 aliphatic carbocycles. The van der Waals surface area contributed by atoms with E-state index in [2.05, 4.69) is 29.9 Å². The van der Waals surface area contributed by atoms with Crippen LogP contribution in [-0.2, 0) is 11.5 Å². The van der Waals surface area contributed by atoms with Crippen molar-refractivity contribution >= 4 is 30.9 Å². The van der Waals surface area contributed by atoms with E-state index in [9.17, 15) is 4.79 Å². The van der Waals surface area contributed by atoms with Gasteiger partial charge in [0.15, 0.2) is 17.4 Å². The Kier molecular flexibility index (Phi) is 7.67. The lowest BCUT2D eigenvalue weighted by atomic mass is 10.1. The third kappa shape index (κ3) is 6.63. The minimum absolute atomic E-state index is 0.0987. The molecule has 0 radical (unpaired) electrons. The van der Waals surface area contributed by atoms with Crippen LogP contribution in [0.3, 0.4) is 0 Å². The highest BCUT2D eigenvalue weighted by Gasteiger charge is 2.30. The first-order chi connectivity index (χ1) is 18.7. The first kappa shape index (κ1) is 26.8. The molecule has 10 heteroatoms. The standard InChI is InChI=1S/C29H31F2N3O4Si/c1-39(2,3)14-13-36-18-34-17-22(19-9-10-19)26-25(11-12-32-28(26)34)38-27-23(30)15-20(16-24(27)31)33-29(35)37-21-7-5-4-6-8-21/h4-8,11-12,15-17,19H,9-10,13-14,18H2,1-3H3,(H,33,35). The SMILES string of the molecule is C[Si](C)(C)CCOCn1cc(C2CC2)c2c(Oc3c(F)cc(NC(=O)Oc4ccccc4)cc3F)ccnc21. The van der Waals surface area contributed by atoms with Gasteiger partial charge in [0.05, 0.1) is 11.1 Å². The molecule has 4 aromatic rings. The van der Waals surface area contributed by atoms with E-state index in [0.717, 1.165) is 42.0 Å². The third-order valence-electron chi connectivity index (χ3n) is 6.40. The molecule has 39 heavy (non-hydrogen) atoms. The topological polar surface area (TPSA) is 74.6 Å². The smallest absolute Gasteiger partial charge is 0.417 e. The number of pyridine rings is 1. The summed E-state index contributed by atoms with van der Waals surface area (Å²) in [5.41, 5.74) is 1.58. The van der Waals surface area contributed by atoms with Crippen LogP contribution in [0.25, 0.3) is 11.0 Å². The minimum atomic E-state index is -1.22. The van der Waals surface area contributed by atoms with E-state index < -0.39 is 31.6 Å². The number of carbonyl (C=O) groups excluding carboxylic acids is 1. The number of ether oxygens (including phenoxy) is 3. The summed E-state index contributed by atoms with van der Waals surface area (Å²) in [4.78, 5) is 16.7. The molecule has 204 valence electrons. The maximum absolute atomic E-state index is 15.1. The van der Waals surface area contributed by atoms with Crippen LogP contribution >= 0.6 is 0 Å². The van der Waals surface area contributed by atoms with Crippen LogP contribution in [0, 0.1) is 11.6 Å². The normalized spacial score (nSPS) is 13.5. The molecule has 7 nitrogen and oxygen atoms in total. The average molecular weight is 552 g/mol. The molecule has 2 heterocycles. The Balaban J connectivity index is 1.36. The number of nitrogens with zero attached hydrogens (tertiary/aromatic N) is 2. The number of para-hydroxylation sites is 1. The van der Waals surface area contributed by atoms with E-state index in [1.54, 1.807) is 42.6 Å². The molecule has 0 atom stereocenters. The molecule has 0 bridgehead atoms. The van der Waals surface area contributed by atoms with Crippen molar-refractivity contribution in [2.75, 3.05) is 11.9 Å². The molecule has 2 aromatic carbocycles. The number of amides is 1. The van der Waals surface area contributed by atoms with Crippen molar-refractivity contribution < 1.29 is 27.8 Å². The molecule has 1 amide bonds. The van der Waals surface area contributed by atoms with Gasteiger partial charge in [0.2, 0.25) is 0 Å². The zero-order valence-corrected chi connectivity index (χ0v) is 23.2. The van der Waals surface area contributed by atoms with Crippen LogP contribution in [-0.4, -0.2) is 30.3 Å². The van der Waals surface area contributed by atoms with Crippen LogP contribution in [0.2, 0.25) is 25.7 Å². The number of aromatic nitrogens is 2. The number of halogens is 2. The number of fused-ring (bicyclic) bond motifs is 1. The average Bonchev–Trinajstić information content (AvgIpc) is 3.65. The van der Waals surface area contributed by atoms with Gasteiger partial charge in [-0.2, -0.15) is 0 Å². The van der Waals surface area contributed by atoms with Crippen molar-refractivity contribution in [3.8, 4) is 17.2 Å². The Hall–Kier alpha value is -3.76. The fourth-order valence-electron chi connectivity index (χ4n) is 4.22. The van der Waals surface area contributed by atoms with Gasteiger partial charge in [-0.25, -0.2) is 18.6 Å². The van der Waals surface area contributed by atoms with Gasteiger partial charge >= 0.3 is 6.09 Å². The molecule has 1 fully saturated rings. The number of rotatable bonds is 10. The first-order valence-electron chi connectivity index (χ1n) is 12.9. The summed E-state index contributed by atoms with van der Waals surface area (Å²) in [6, 6.07) is 13.0. The first-order valence-corrected chi connectivity index (χ1v) is 16.6. The number of nitrogens with one attached hydrogen (secondary N) is 1. The third-order valence-corrected chi connectivity index (χ3v) is 8.11. The second-order valence-electron chi connectivity index (χ2n) is 10.9.